The second-order valence-corrected chi connectivity index (χ2v) is 4.97. The zero-order chi connectivity index (χ0) is 11.5. The van der Waals surface area contributed by atoms with Crippen LogP contribution in [0.15, 0.2) is 44.0 Å². The molecule has 0 fully saturated rings. The van der Waals surface area contributed by atoms with Crippen LogP contribution in [-0.4, -0.2) is 15.0 Å². The highest BCUT2D eigenvalue weighted by atomic mass is 79.9. The highest BCUT2D eigenvalue weighted by Gasteiger charge is 2.05. The van der Waals surface area contributed by atoms with Crippen LogP contribution in [0.2, 0.25) is 0 Å². The highest BCUT2D eigenvalue weighted by molar-refractivity contribution is 9.10. The Morgan fingerprint density at radius 1 is 1.44 bits per heavy atom. The molecule has 2 rings (SSSR count). The number of pyridine rings is 1. The van der Waals surface area contributed by atoms with Crippen molar-refractivity contribution in [2.24, 2.45) is 0 Å². The lowest BCUT2D eigenvalue weighted by Gasteiger charge is -2.02. The molecule has 0 radical (unpaired) electrons. The Morgan fingerprint density at radius 2 is 2.25 bits per heavy atom. The SMILES string of the molecule is Cc1cnc(Sc2nccc(=O)[nH]2)c(Br)c1. The van der Waals surface area contributed by atoms with Gasteiger partial charge in [-0.2, -0.15) is 0 Å². The summed E-state index contributed by atoms with van der Waals surface area (Å²) in [5.41, 5.74) is 0.909. The summed E-state index contributed by atoms with van der Waals surface area (Å²) in [7, 11) is 0. The summed E-state index contributed by atoms with van der Waals surface area (Å²) in [6.07, 6.45) is 3.25. The molecule has 1 N–H and O–H groups in total. The Balaban J connectivity index is 2.30. The van der Waals surface area contributed by atoms with Crippen LogP contribution in [0.1, 0.15) is 5.56 Å². The van der Waals surface area contributed by atoms with Gasteiger partial charge < -0.3 is 4.98 Å². The van der Waals surface area contributed by atoms with E-state index < -0.39 is 0 Å². The number of aromatic amines is 1. The van der Waals surface area contributed by atoms with Gasteiger partial charge in [-0.05, 0) is 46.2 Å². The predicted molar refractivity (Wildman–Crippen MR) is 65.7 cm³/mol. The van der Waals surface area contributed by atoms with Crippen LogP contribution < -0.4 is 5.56 Å². The fraction of sp³-hybridized carbons (Fsp3) is 0.100. The predicted octanol–water partition coefficient (Wildman–Crippen LogP) is 2.39. The van der Waals surface area contributed by atoms with Gasteiger partial charge in [0.15, 0.2) is 5.16 Å². The third-order valence-electron chi connectivity index (χ3n) is 1.79. The van der Waals surface area contributed by atoms with Gasteiger partial charge in [0.1, 0.15) is 5.03 Å². The van der Waals surface area contributed by atoms with Crippen molar-refractivity contribution in [3.63, 3.8) is 0 Å². The molecule has 0 aliphatic carbocycles. The van der Waals surface area contributed by atoms with Gasteiger partial charge in [0.25, 0.3) is 5.56 Å². The monoisotopic (exact) mass is 297 g/mol. The maximum atomic E-state index is 11.1. The van der Waals surface area contributed by atoms with Crippen molar-refractivity contribution in [1.82, 2.24) is 15.0 Å². The molecule has 0 aromatic carbocycles. The molecule has 0 spiro atoms. The molecule has 2 aromatic rings. The van der Waals surface area contributed by atoms with E-state index in [9.17, 15) is 4.79 Å². The van der Waals surface area contributed by atoms with E-state index in [-0.39, 0.29) is 5.56 Å². The topological polar surface area (TPSA) is 58.6 Å². The second kappa shape index (κ2) is 4.80. The molecular formula is C10H8BrN3OS. The quantitative estimate of drug-likeness (QED) is 0.865. The summed E-state index contributed by atoms with van der Waals surface area (Å²) in [6.45, 7) is 1.97. The number of aromatic nitrogens is 3. The normalized spacial score (nSPS) is 10.4. The first kappa shape index (κ1) is 11.3. The summed E-state index contributed by atoms with van der Waals surface area (Å²) in [5, 5.41) is 1.31. The molecule has 0 aliphatic rings. The molecule has 2 heterocycles. The first-order valence-corrected chi connectivity index (χ1v) is 6.11. The van der Waals surface area contributed by atoms with Gasteiger partial charge in [-0.15, -0.1) is 0 Å². The van der Waals surface area contributed by atoms with E-state index in [4.69, 9.17) is 0 Å². The Hall–Kier alpha value is -1.14. The lowest BCUT2D eigenvalue weighted by molar-refractivity contribution is 0.930. The van der Waals surface area contributed by atoms with Gasteiger partial charge in [0.2, 0.25) is 0 Å². The molecule has 0 aliphatic heterocycles. The molecule has 0 saturated heterocycles. The van der Waals surface area contributed by atoms with Crippen molar-refractivity contribution in [1.29, 1.82) is 0 Å². The Kier molecular flexibility index (Phi) is 3.40. The molecule has 0 unspecified atom stereocenters. The molecule has 82 valence electrons. The maximum absolute atomic E-state index is 11.1. The van der Waals surface area contributed by atoms with Crippen LogP contribution in [0.4, 0.5) is 0 Å². The number of nitrogens with one attached hydrogen (secondary N) is 1. The van der Waals surface area contributed by atoms with E-state index in [0.717, 1.165) is 15.1 Å². The number of aryl methyl sites for hydroxylation is 1. The van der Waals surface area contributed by atoms with Gasteiger partial charge in [0.05, 0.1) is 4.47 Å². The maximum Gasteiger partial charge on any atom is 0.251 e. The molecule has 16 heavy (non-hydrogen) atoms. The van der Waals surface area contributed by atoms with Crippen molar-refractivity contribution < 1.29 is 0 Å². The number of nitrogens with zero attached hydrogens (tertiary/aromatic N) is 2. The van der Waals surface area contributed by atoms with Crippen LogP contribution in [-0.2, 0) is 0 Å². The van der Waals surface area contributed by atoms with E-state index in [2.05, 4.69) is 30.9 Å². The van der Waals surface area contributed by atoms with Crippen LogP contribution in [0.25, 0.3) is 0 Å². The van der Waals surface area contributed by atoms with Gasteiger partial charge in [-0.1, -0.05) is 0 Å². The summed E-state index contributed by atoms with van der Waals surface area (Å²) in [4.78, 5) is 22.0. The minimum absolute atomic E-state index is 0.166. The third kappa shape index (κ3) is 2.70. The van der Waals surface area contributed by atoms with Crippen LogP contribution >= 0.6 is 27.7 Å². The average molecular weight is 298 g/mol. The van der Waals surface area contributed by atoms with Gasteiger partial charge in [0, 0.05) is 18.5 Å². The van der Waals surface area contributed by atoms with Crippen molar-refractivity contribution in [3.8, 4) is 0 Å². The molecule has 6 heteroatoms. The van der Waals surface area contributed by atoms with Crippen LogP contribution in [0.5, 0.6) is 0 Å². The first-order chi connectivity index (χ1) is 7.65. The summed E-state index contributed by atoms with van der Waals surface area (Å²) >= 11 is 4.73. The third-order valence-corrected chi connectivity index (χ3v) is 3.57. The van der Waals surface area contributed by atoms with Crippen molar-refractivity contribution >= 4 is 27.7 Å². The van der Waals surface area contributed by atoms with Crippen molar-refractivity contribution in [3.05, 3.63) is 44.9 Å². The van der Waals surface area contributed by atoms with E-state index >= 15 is 0 Å². The molecule has 2 aromatic heterocycles. The molecular weight excluding hydrogens is 290 g/mol. The smallest absolute Gasteiger partial charge is 0.251 e. The molecule has 0 atom stereocenters. The summed E-state index contributed by atoms with van der Waals surface area (Å²) in [5.74, 6) is 0. The van der Waals surface area contributed by atoms with E-state index in [1.54, 1.807) is 6.20 Å². The van der Waals surface area contributed by atoms with E-state index in [1.165, 1.54) is 24.0 Å². The highest BCUT2D eigenvalue weighted by Crippen LogP contribution is 2.29. The fourth-order valence-electron chi connectivity index (χ4n) is 1.09. The number of hydrogen-bond acceptors (Lipinski definition) is 4. The van der Waals surface area contributed by atoms with E-state index in [1.807, 2.05) is 13.0 Å². The zero-order valence-corrected chi connectivity index (χ0v) is 10.8. The summed E-state index contributed by atoms with van der Waals surface area (Å²) in [6, 6.07) is 3.35. The average Bonchev–Trinajstić information content (AvgIpc) is 2.22. The Bertz CT molecular complexity index is 570. The van der Waals surface area contributed by atoms with Crippen molar-refractivity contribution in [2.45, 2.75) is 17.1 Å². The standard InChI is InChI=1S/C10H8BrN3OS/c1-6-4-7(11)9(13-5-6)16-10-12-3-2-8(15)14-10/h2-5H,1H3,(H,12,14,15). The van der Waals surface area contributed by atoms with E-state index in [0.29, 0.717) is 5.16 Å². The fourth-order valence-corrected chi connectivity index (χ4v) is 2.51. The molecule has 0 amide bonds. The minimum Gasteiger partial charge on any atom is -0.301 e. The second-order valence-electron chi connectivity index (χ2n) is 3.14. The van der Waals surface area contributed by atoms with Crippen LogP contribution in [0.3, 0.4) is 0 Å². The number of hydrogen-bond donors (Lipinski definition) is 1. The number of H-pyrrole nitrogens is 1. The first-order valence-electron chi connectivity index (χ1n) is 4.50. The molecule has 0 saturated carbocycles. The lowest BCUT2D eigenvalue weighted by Crippen LogP contribution is -2.05. The van der Waals surface area contributed by atoms with Gasteiger partial charge >= 0.3 is 0 Å². The van der Waals surface area contributed by atoms with Crippen LogP contribution in [0, 0.1) is 6.92 Å². The number of halogens is 1. The number of rotatable bonds is 2. The Labute approximate surface area is 105 Å². The van der Waals surface area contributed by atoms with Gasteiger partial charge in [-0.3, -0.25) is 4.79 Å². The van der Waals surface area contributed by atoms with Crippen molar-refractivity contribution in [2.75, 3.05) is 0 Å². The summed E-state index contributed by atoms with van der Waals surface area (Å²) < 4.78 is 0.893. The molecule has 0 bridgehead atoms. The molecule has 4 nitrogen and oxygen atoms in total. The lowest BCUT2D eigenvalue weighted by atomic mass is 10.3. The van der Waals surface area contributed by atoms with Gasteiger partial charge in [-0.25, -0.2) is 9.97 Å². The zero-order valence-electron chi connectivity index (χ0n) is 8.40. The minimum atomic E-state index is -0.166. The Morgan fingerprint density at radius 3 is 2.94 bits per heavy atom. The largest absolute Gasteiger partial charge is 0.301 e.